The van der Waals surface area contributed by atoms with Gasteiger partial charge in [-0.2, -0.15) is 0 Å². The molecule has 0 bridgehead atoms. The molecule has 0 N–H and O–H groups in total. The van der Waals surface area contributed by atoms with Gasteiger partial charge in [-0.1, -0.05) is 37.1 Å². The van der Waals surface area contributed by atoms with Gasteiger partial charge < -0.3 is 4.90 Å². The Balaban J connectivity index is 2.43. The molecule has 100 valence electrons. The summed E-state index contributed by atoms with van der Waals surface area (Å²) in [7, 11) is 2.01. The number of nitrogens with zero attached hydrogens (tertiary/aromatic N) is 3. The molecule has 0 aliphatic rings. The van der Waals surface area contributed by atoms with Crippen LogP contribution in [0.2, 0.25) is 5.15 Å². The van der Waals surface area contributed by atoms with Crippen LogP contribution >= 0.6 is 11.6 Å². The molecule has 0 radical (unpaired) electrons. The van der Waals surface area contributed by atoms with E-state index in [1.54, 1.807) is 0 Å². The quantitative estimate of drug-likeness (QED) is 0.785. The first-order valence-electron chi connectivity index (χ1n) is 6.43. The molecule has 19 heavy (non-hydrogen) atoms. The van der Waals surface area contributed by atoms with Crippen LogP contribution in [0.5, 0.6) is 0 Å². The Labute approximate surface area is 119 Å². The van der Waals surface area contributed by atoms with Crippen LogP contribution in [0.15, 0.2) is 30.6 Å². The van der Waals surface area contributed by atoms with Crippen molar-refractivity contribution in [3.8, 4) is 0 Å². The predicted molar refractivity (Wildman–Crippen MR) is 80.3 cm³/mol. The second-order valence-corrected chi connectivity index (χ2v) is 4.97. The smallest absolute Gasteiger partial charge is 0.140 e. The minimum Gasteiger partial charge on any atom is -0.329 e. The number of hydrogen-bond donors (Lipinski definition) is 0. The second kappa shape index (κ2) is 6.02. The third-order valence-corrected chi connectivity index (χ3v) is 3.40. The monoisotopic (exact) mass is 275 g/mol. The SMILES string of the molecule is CCCc1c(Cl)ncnc1N(C)c1cccc(C)c1. The van der Waals surface area contributed by atoms with Crippen LogP contribution in [0.3, 0.4) is 0 Å². The van der Waals surface area contributed by atoms with Gasteiger partial charge in [-0.05, 0) is 31.0 Å². The van der Waals surface area contributed by atoms with Gasteiger partial charge in [-0.15, -0.1) is 0 Å². The van der Waals surface area contributed by atoms with E-state index >= 15 is 0 Å². The van der Waals surface area contributed by atoms with Gasteiger partial charge in [0.05, 0.1) is 0 Å². The summed E-state index contributed by atoms with van der Waals surface area (Å²) in [5.74, 6) is 0.882. The molecular weight excluding hydrogens is 258 g/mol. The van der Waals surface area contributed by atoms with Crippen LogP contribution in [0.1, 0.15) is 24.5 Å². The number of benzene rings is 1. The van der Waals surface area contributed by atoms with Gasteiger partial charge >= 0.3 is 0 Å². The van der Waals surface area contributed by atoms with E-state index in [4.69, 9.17) is 11.6 Å². The third-order valence-electron chi connectivity index (χ3n) is 3.08. The highest BCUT2D eigenvalue weighted by atomic mass is 35.5. The van der Waals surface area contributed by atoms with Crippen molar-refractivity contribution in [2.24, 2.45) is 0 Å². The van der Waals surface area contributed by atoms with Crippen molar-refractivity contribution < 1.29 is 0 Å². The molecule has 0 saturated carbocycles. The zero-order chi connectivity index (χ0) is 13.8. The first-order valence-corrected chi connectivity index (χ1v) is 6.81. The molecular formula is C15H18ClN3. The normalized spacial score (nSPS) is 10.5. The van der Waals surface area contributed by atoms with Crippen molar-refractivity contribution >= 4 is 23.1 Å². The molecule has 0 amide bonds. The van der Waals surface area contributed by atoms with Gasteiger partial charge in [-0.25, -0.2) is 9.97 Å². The molecule has 0 fully saturated rings. The van der Waals surface area contributed by atoms with Crippen molar-refractivity contribution in [2.45, 2.75) is 26.7 Å². The van der Waals surface area contributed by atoms with E-state index in [1.807, 2.05) is 13.1 Å². The van der Waals surface area contributed by atoms with Gasteiger partial charge in [-0.3, -0.25) is 0 Å². The molecule has 0 saturated heterocycles. The molecule has 1 heterocycles. The molecule has 1 aromatic carbocycles. The zero-order valence-electron chi connectivity index (χ0n) is 11.5. The van der Waals surface area contributed by atoms with Crippen molar-refractivity contribution in [1.29, 1.82) is 0 Å². The summed E-state index contributed by atoms with van der Waals surface area (Å²) in [6, 6.07) is 8.32. The molecule has 0 spiro atoms. The lowest BCUT2D eigenvalue weighted by atomic mass is 10.1. The standard InChI is InChI=1S/C15H18ClN3/c1-4-6-13-14(16)17-10-18-15(13)19(3)12-8-5-7-11(2)9-12/h5,7-10H,4,6H2,1-3H3. The lowest BCUT2D eigenvalue weighted by molar-refractivity contribution is 0.891. The molecule has 2 aromatic rings. The van der Waals surface area contributed by atoms with E-state index in [0.717, 1.165) is 29.9 Å². The molecule has 0 unspecified atom stereocenters. The molecule has 4 heteroatoms. The fraction of sp³-hybridized carbons (Fsp3) is 0.333. The number of aryl methyl sites for hydroxylation is 1. The molecule has 3 nitrogen and oxygen atoms in total. The fourth-order valence-electron chi connectivity index (χ4n) is 2.10. The van der Waals surface area contributed by atoms with Gasteiger partial charge in [0.25, 0.3) is 0 Å². The van der Waals surface area contributed by atoms with Gasteiger partial charge in [0.15, 0.2) is 0 Å². The predicted octanol–water partition coefficient (Wildman–Crippen LogP) is 4.16. The van der Waals surface area contributed by atoms with Gasteiger partial charge in [0.2, 0.25) is 0 Å². The van der Waals surface area contributed by atoms with Crippen LogP contribution in [0, 0.1) is 6.92 Å². The lowest BCUT2D eigenvalue weighted by Gasteiger charge is -2.21. The Kier molecular flexibility index (Phi) is 4.38. The minimum atomic E-state index is 0.548. The maximum Gasteiger partial charge on any atom is 0.140 e. The largest absolute Gasteiger partial charge is 0.329 e. The minimum absolute atomic E-state index is 0.548. The number of anilines is 2. The van der Waals surface area contributed by atoms with Crippen LogP contribution in [-0.4, -0.2) is 17.0 Å². The number of aromatic nitrogens is 2. The van der Waals surface area contributed by atoms with Crippen LogP contribution in [-0.2, 0) is 6.42 Å². The molecule has 0 aliphatic carbocycles. The zero-order valence-corrected chi connectivity index (χ0v) is 12.3. The van der Waals surface area contributed by atoms with E-state index in [9.17, 15) is 0 Å². The maximum absolute atomic E-state index is 6.19. The maximum atomic E-state index is 6.19. The molecule has 0 atom stereocenters. The van der Waals surface area contributed by atoms with Crippen molar-refractivity contribution in [2.75, 3.05) is 11.9 Å². The summed E-state index contributed by atoms with van der Waals surface area (Å²) in [6.07, 6.45) is 3.41. The van der Waals surface area contributed by atoms with E-state index in [1.165, 1.54) is 11.9 Å². The topological polar surface area (TPSA) is 29.0 Å². The van der Waals surface area contributed by atoms with E-state index in [0.29, 0.717) is 5.15 Å². The van der Waals surface area contributed by atoms with Crippen molar-refractivity contribution in [1.82, 2.24) is 9.97 Å². The average molecular weight is 276 g/mol. The van der Waals surface area contributed by atoms with E-state index in [2.05, 4.69) is 46.9 Å². The van der Waals surface area contributed by atoms with Crippen LogP contribution in [0.4, 0.5) is 11.5 Å². The number of halogens is 1. The van der Waals surface area contributed by atoms with E-state index < -0.39 is 0 Å². The fourth-order valence-corrected chi connectivity index (χ4v) is 2.32. The first kappa shape index (κ1) is 13.8. The van der Waals surface area contributed by atoms with Gasteiger partial charge in [0, 0.05) is 18.3 Å². The van der Waals surface area contributed by atoms with Gasteiger partial charge in [0.1, 0.15) is 17.3 Å². The highest BCUT2D eigenvalue weighted by molar-refractivity contribution is 6.30. The molecule has 1 aromatic heterocycles. The molecule has 2 rings (SSSR count). The summed E-state index contributed by atoms with van der Waals surface area (Å²) in [5.41, 5.74) is 3.34. The second-order valence-electron chi connectivity index (χ2n) is 4.61. The summed E-state index contributed by atoms with van der Waals surface area (Å²) in [4.78, 5) is 10.5. The summed E-state index contributed by atoms with van der Waals surface area (Å²) < 4.78 is 0. The first-order chi connectivity index (χ1) is 9.13. The Morgan fingerprint density at radius 3 is 2.74 bits per heavy atom. The summed E-state index contributed by atoms with van der Waals surface area (Å²) in [6.45, 7) is 4.21. The third kappa shape index (κ3) is 3.04. The number of rotatable bonds is 4. The lowest BCUT2D eigenvalue weighted by Crippen LogP contribution is -2.14. The Morgan fingerprint density at radius 1 is 1.26 bits per heavy atom. The average Bonchev–Trinajstić information content (AvgIpc) is 2.40. The Hall–Kier alpha value is -1.61. The molecule has 0 aliphatic heterocycles. The Bertz CT molecular complexity index is 569. The van der Waals surface area contributed by atoms with Crippen molar-refractivity contribution in [3.05, 3.63) is 46.9 Å². The summed E-state index contributed by atoms with van der Waals surface area (Å²) >= 11 is 6.19. The summed E-state index contributed by atoms with van der Waals surface area (Å²) in [5, 5.41) is 0.548. The van der Waals surface area contributed by atoms with E-state index in [-0.39, 0.29) is 0 Å². The van der Waals surface area contributed by atoms with Crippen LogP contribution in [0.25, 0.3) is 0 Å². The van der Waals surface area contributed by atoms with Crippen molar-refractivity contribution in [3.63, 3.8) is 0 Å². The Morgan fingerprint density at radius 2 is 2.05 bits per heavy atom. The van der Waals surface area contributed by atoms with Crippen LogP contribution < -0.4 is 4.90 Å². The highest BCUT2D eigenvalue weighted by Gasteiger charge is 2.14. The highest BCUT2D eigenvalue weighted by Crippen LogP contribution is 2.29. The number of hydrogen-bond acceptors (Lipinski definition) is 3.